The number of benzene rings is 2. The van der Waals surface area contributed by atoms with Crippen LogP contribution in [0.3, 0.4) is 0 Å². The highest BCUT2D eigenvalue weighted by atomic mass is 35.5. The average Bonchev–Trinajstić information content (AvgIpc) is 2.99. The Labute approximate surface area is 127 Å². The summed E-state index contributed by atoms with van der Waals surface area (Å²) in [7, 11) is 0. The Bertz CT molecular complexity index is 695. The van der Waals surface area contributed by atoms with E-state index in [2.05, 4.69) is 15.5 Å². The molecule has 0 saturated heterocycles. The maximum Gasteiger partial charge on any atom is 0.321 e. The number of halogens is 1. The number of anilines is 1. The topological polar surface area (TPSA) is 51.0 Å². The zero-order valence-corrected chi connectivity index (χ0v) is 12.0. The molecule has 4 nitrogen and oxygen atoms in total. The van der Waals surface area contributed by atoms with E-state index in [1.54, 1.807) is 0 Å². The second-order valence-electron chi connectivity index (χ2n) is 4.59. The largest absolute Gasteiger partial charge is 0.337 e. The number of hydrogen-bond acceptors (Lipinski definition) is 4. The van der Waals surface area contributed by atoms with Crippen molar-refractivity contribution in [2.24, 2.45) is 0 Å². The molecule has 0 saturated carbocycles. The minimum Gasteiger partial charge on any atom is -0.337 e. The molecule has 0 radical (unpaired) electrons. The number of nitrogens with zero attached hydrogens (tertiary/aromatic N) is 2. The molecule has 106 valence electrons. The lowest BCUT2D eigenvalue weighted by molar-refractivity contribution is 0.432. The van der Waals surface area contributed by atoms with E-state index in [0.717, 1.165) is 23.6 Å². The van der Waals surface area contributed by atoms with Gasteiger partial charge in [-0.2, -0.15) is 4.98 Å². The van der Waals surface area contributed by atoms with E-state index in [1.165, 1.54) is 5.56 Å². The van der Waals surface area contributed by atoms with Crippen molar-refractivity contribution in [3.63, 3.8) is 0 Å². The summed E-state index contributed by atoms with van der Waals surface area (Å²) in [6.07, 6.45) is 0.861. The zero-order chi connectivity index (χ0) is 14.5. The summed E-state index contributed by atoms with van der Waals surface area (Å²) in [5.74, 6) is 0.588. The summed E-state index contributed by atoms with van der Waals surface area (Å²) < 4.78 is 5.18. The van der Waals surface area contributed by atoms with E-state index in [-0.39, 0.29) is 0 Å². The van der Waals surface area contributed by atoms with Crippen LogP contribution in [0, 0.1) is 0 Å². The Hall–Kier alpha value is -2.33. The molecule has 0 aliphatic rings. The van der Waals surface area contributed by atoms with Gasteiger partial charge in [-0.15, -0.1) is 0 Å². The van der Waals surface area contributed by atoms with Gasteiger partial charge in [0.15, 0.2) is 0 Å². The Balaban J connectivity index is 1.57. The molecule has 0 amide bonds. The molecule has 21 heavy (non-hydrogen) atoms. The predicted molar refractivity (Wildman–Crippen MR) is 83.4 cm³/mol. The quantitative estimate of drug-likeness (QED) is 0.772. The van der Waals surface area contributed by atoms with E-state index >= 15 is 0 Å². The van der Waals surface area contributed by atoms with Crippen LogP contribution in [0.5, 0.6) is 0 Å². The van der Waals surface area contributed by atoms with Crippen molar-refractivity contribution < 1.29 is 4.52 Å². The van der Waals surface area contributed by atoms with Crippen molar-refractivity contribution in [1.29, 1.82) is 0 Å². The van der Waals surface area contributed by atoms with E-state index in [1.807, 2.05) is 54.6 Å². The van der Waals surface area contributed by atoms with Crippen LogP contribution in [0.2, 0.25) is 5.02 Å². The van der Waals surface area contributed by atoms with Crippen LogP contribution in [0.25, 0.3) is 11.4 Å². The van der Waals surface area contributed by atoms with Gasteiger partial charge in [0.2, 0.25) is 5.82 Å². The molecule has 0 atom stereocenters. The summed E-state index contributed by atoms with van der Waals surface area (Å²) >= 11 is 5.85. The average molecular weight is 300 g/mol. The van der Waals surface area contributed by atoms with Gasteiger partial charge in [-0.3, -0.25) is 0 Å². The monoisotopic (exact) mass is 299 g/mol. The Kier molecular flexibility index (Phi) is 4.17. The third-order valence-corrected chi connectivity index (χ3v) is 3.31. The van der Waals surface area contributed by atoms with E-state index < -0.39 is 0 Å². The smallest absolute Gasteiger partial charge is 0.321 e. The van der Waals surface area contributed by atoms with Gasteiger partial charge in [0.05, 0.1) is 0 Å². The van der Waals surface area contributed by atoms with Gasteiger partial charge < -0.3 is 9.84 Å². The highest BCUT2D eigenvalue weighted by molar-refractivity contribution is 6.30. The molecule has 1 N–H and O–H groups in total. The lowest BCUT2D eigenvalue weighted by Gasteiger charge is -2.01. The van der Waals surface area contributed by atoms with Gasteiger partial charge in [-0.25, -0.2) is 0 Å². The van der Waals surface area contributed by atoms with Gasteiger partial charge in [-0.1, -0.05) is 59.2 Å². The summed E-state index contributed by atoms with van der Waals surface area (Å²) in [4.78, 5) is 4.32. The van der Waals surface area contributed by atoms with E-state index in [4.69, 9.17) is 16.1 Å². The highest BCUT2D eigenvalue weighted by Gasteiger charge is 2.07. The van der Waals surface area contributed by atoms with Gasteiger partial charge in [0.1, 0.15) is 0 Å². The third kappa shape index (κ3) is 3.61. The molecule has 3 rings (SSSR count). The second kappa shape index (κ2) is 6.41. The molecule has 3 aromatic rings. The van der Waals surface area contributed by atoms with Crippen molar-refractivity contribution in [2.45, 2.75) is 6.42 Å². The minimum atomic E-state index is 0.433. The molecule has 1 aromatic heterocycles. The predicted octanol–water partition coefficient (Wildman–Crippen LogP) is 4.04. The molecule has 0 unspecified atom stereocenters. The van der Waals surface area contributed by atoms with Crippen LogP contribution < -0.4 is 5.32 Å². The van der Waals surface area contributed by atoms with E-state index in [9.17, 15) is 0 Å². The maximum absolute atomic E-state index is 5.85. The van der Waals surface area contributed by atoms with Crippen molar-refractivity contribution in [1.82, 2.24) is 10.1 Å². The van der Waals surface area contributed by atoms with Gasteiger partial charge in [0.25, 0.3) is 0 Å². The fourth-order valence-electron chi connectivity index (χ4n) is 1.96. The number of nitrogens with one attached hydrogen (secondary N) is 1. The third-order valence-electron chi connectivity index (χ3n) is 3.06. The Morgan fingerprint density at radius 3 is 2.52 bits per heavy atom. The molecule has 0 spiro atoms. The Morgan fingerprint density at radius 2 is 1.76 bits per heavy atom. The normalized spacial score (nSPS) is 10.5. The molecular formula is C16H14ClN3O. The molecule has 0 aliphatic carbocycles. The van der Waals surface area contributed by atoms with Gasteiger partial charge >= 0.3 is 6.01 Å². The molecular weight excluding hydrogens is 286 g/mol. The highest BCUT2D eigenvalue weighted by Crippen LogP contribution is 2.17. The molecule has 2 aromatic carbocycles. The van der Waals surface area contributed by atoms with Crippen LogP contribution >= 0.6 is 11.6 Å². The SMILES string of the molecule is Clc1ccc(CCNc2nc(-c3ccccc3)no2)cc1. The zero-order valence-electron chi connectivity index (χ0n) is 11.3. The standard InChI is InChI=1S/C16H14ClN3O/c17-14-8-6-12(7-9-14)10-11-18-16-19-15(20-21-16)13-4-2-1-3-5-13/h1-9H,10-11H2,(H,18,19,20). The summed E-state index contributed by atoms with van der Waals surface area (Å²) in [6, 6.07) is 18.0. The first-order valence-electron chi connectivity index (χ1n) is 6.69. The first-order valence-corrected chi connectivity index (χ1v) is 7.06. The minimum absolute atomic E-state index is 0.433. The summed E-state index contributed by atoms with van der Waals surface area (Å²) in [5, 5.41) is 7.83. The number of hydrogen-bond donors (Lipinski definition) is 1. The summed E-state index contributed by atoms with van der Waals surface area (Å²) in [5.41, 5.74) is 2.14. The lowest BCUT2D eigenvalue weighted by Crippen LogP contribution is -2.04. The van der Waals surface area contributed by atoms with Gasteiger partial charge in [-0.05, 0) is 24.1 Å². The van der Waals surface area contributed by atoms with Crippen LogP contribution in [-0.4, -0.2) is 16.7 Å². The van der Waals surface area contributed by atoms with Crippen molar-refractivity contribution >= 4 is 17.6 Å². The number of rotatable bonds is 5. The van der Waals surface area contributed by atoms with Crippen molar-refractivity contribution in [3.05, 3.63) is 65.2 Å². The van der Waals surface area contributed by atoms with Crippen molar-refractivity contribution in [3.8, 4) is 11.4 Å². The fourth-order valence-corrected chi connectivity index (χ4v) is 2.09. The molecule has 0 fully saturated rings. The lowest BCUT2D eigenvalue weighted by atomic mass is 10.1. The summed E-state index contributed by atoms with van der Waals surface area (Å²) in [6.45, 7) is 0.720. The Morgan fingerprint density at radius 1 is 1.00 bits per heavy atom. The van der Waals surface area contributed by atoms with Crippen molar-refractivity contribution in [2.75, 3.05) is 11.9 Å². The van der Waals surface area contributed by atoms with Crippen LogP contribution in [0.1, 0.15) is 5.56 Å². The molecule has 5 heteroatoms. The molecule has 0 aliphatic heterocycles. The van der Waals surface area contributed by atoms with Crippen LogP contribution in [0.4, 0.5) is 6.01 Å². The van der Waals surface area contributed by atoms with E-state index in [0.29, 0.717) is 11.8 Å². The maximum atomic E-state index is 5.85. The first kappa shape index (κ1) is 13.6. The van der Waals surface area contributed by atoms with Crippen LogP contribution in [-0.2, 0) is 6.42 Å². The van der Waals surface area contributed by atoms with Gasteiger partial charge in [0, 0.05) is 17.1 Å². The fraction of sp³-hybridized carbons (Fsp3) is 0.125. The first-order chi connectivity index (χ1) is 10.3. The second-order valence-corrected chi connectivity index (χ2v) is 5.03. The molecule has 0 bridgehead atoms. The van der Waals surface area contributed by atoms with Crippen LogP contribution in [0.15, 0.2) is 59.1 Å². The number of aromatic nitrogens is 2. The molecule has 1 heterocycles.